The quantitative estimate of drug-likeness (QED) is 0.266. The van der Waals surface area contributed by atoms with Gasteiger partial charge >= 0.3 is 19.0 Å². The molecule has 1 saturated carbocycles. The lowest BCUT2D eigenvalue weighted by Gasteiger charge is -2.33. The van der Waals surface area contributed by atoms with Gasteiger partial charge in [-0.15, -0.1) is 0 Å². The molecule has 5 nitrogen and oxygen atoms in total. The molecule has 3 aromatic rings. The fraction of sp³-hybridized carbons (Fsp3) is 0.393. The van der Waals surface area contributed by atoms with Crippen molar-refractivity contribution in [2.45, 2.75) is 69.2 Å². The molecule has 1 aromatic heterocycles. The third-order valence-electron chi connectivity index (χ3n) is 7.23. The minimum absolute atomic E-state index is 0.000249. The van der Waals surface area contributed by atoms with Gasteiger partial charge in [-0.3, -0.25) is 4.79 Å². The second kappa shape index (κ2) is 11.3. The molecule has 1 atom stereocenters. The number of alkyl halides is 8. The summed E-state index contributed by atoms with van der Waals surface area (Å²) in [5, 5.41) is 9.78. The number of rotatable bonds is 9. The summed E-state index contributed by atoms with van der Waals surface area (Å²) in [6.45, 7) is -1.60. The molecule has 2 N–H and O–H groups in total. The van der Waals surface area contributed by atoms with Crippen LogP contribution in [0.2, 0.25) is 0 Å². The van der Waals surface area contributed by atoms with Crippen molar-refractivity contribution in [3.05, 3.63) is 92.9 Å². The van der Waals surface area contributed by atoms with Crippen LogP contribution in [0.25, 0.3) is 0 Å². The van der Waals surface area contributed by atoms with Crippen LogP contribution in [0.5, 0.6) is 11.5 Å². The van der Waals surface area contributed by atoms with Crippen LogP contribution in [0.4, 0.5) is 35.1 Å². The number of nitrogens with one attached hydrogen (secondary N) is 1. The zero-order chi connectivity index (χ0) is 30.2. The number of benzene rings is 2. The van der Waals surface area contributed by atoms with Crippen molar-refractivity contribution in [3.8, 4) is 11.5 Å². The molecule has 4 rings (SSSR count). The molecule has 1 fully saturated rings. The molecule has 0 amide bonds. The highest BCUT2D eigenvalue weighted by atomic mass is 19.4. The van der Waals surface area contributed by atoms with E-state index in [2.05, 4.69) is 9.72 Å². The van der Waals surface area contributed by atoms with Crippen molar-refractivity contribution in [2.24, 2.45) is 0 Å². The van der Waals surface area contributed by atoms with Crippen molar-refractivity contribution in [3.63, 3.8) is 0 Å². The van der Waals surface area contributed by atoms with Gasteiger partial charge in [-0.1, -0.05) is 30.3 Å². The lowest BCUT2D eigenvalue weighted by molar-refractivity contribution is -0.376. The Morgan fingerprint density at radius 1 is 0.927 bits per heavy atom. The standard InChI is InChI=1S/C28H25F8NO4/c1-15-17(11-12-37-24(15)38)13-21(16-5-8-19(9-6-16)26(39,27(31,32)33)28(34,35)36)18-7-10-22(41-25(29)30)23(14-18)40-20-3-2-4-20/h5-12,14,20-21,25,39H,2-4,13H2,1H3,(H,37,38). The SMILES string of the molecule is Cc1c(CC(c2ccc(C(O)(C(F)(F)F)C(F)(F)F)cc2)c2ccc(OC(F)F)c(OC3CCC3)c2)cc[nH]c1=O. The first-order valence-electron chi connectivity index (χ1n) is 12.5. The number of H-pyrrole nitrogens is 1. The monoisotopic (exact) mass is 591 g/mol. The minimum Gasteiger partial charge on any atom is -0.487 e. The second-order valence-electron chi connectivity index (χ2n) is 9.80. The highest BCUT2D eigenvalue weighted by molar-refractivity contribution is 5.48. The highest BCUT2D eigenvalue weighted by Gasteiger charge is 2.71. The van der Waals surface area contributed by atoms with Crippen LogP contribution in [0, 0.1) is 6.92 Å². The normalized spacial score (nSPS) is 15.5. The Hall–Kier alpha value is -3.61. The number of halogens is 8. The number of aromatic nitrogens is 1. The number of hydrogen-bond acceptors (Lipinski definition) is 4. The average Bonchev–Trinajstić information content (AvgIpc) is 2.86. The first-order valence-corrected chi connectivity index (χ1v) is 12.5. The molecule has 13 heteroatoms. The third kappa shape index (κ3) is 6.19. The van der Waals surface area contributed by atoms with Crippen molar-refractivity contribution in [1.82, 2.24) is 4.98 Å². The molecule has 0 saturated heterocycles. The number of ether oxygens (including phenoxy) is 2. The van der Waals surface area contributed by atoms with E-state index in [9.17, 15) is 45.0 Å². The smallest absolute Gasteiger partial charge is 0.430 e. The Kier molecular flexibility index (Phi) is 8.40. The first-order chi connectivity index (χ1) is 19.1. The van der Waals surface area contributed by atoms with Crippen LogP contribution in [0.1, 0.15) is 53.0 Å². The van der Waals surface area contributed by atoms with Gasteiger partial charge in [0.1, 0.15) is 0 Å². The number of pyridine rings is 1. The van der Waals surface area contributed by atoms with E-state index < -0.39 is 41.6 Å². The maximum Gasteiger partial charge on any atom is 0.430 e. The molecule has 2 aromatic carbocycles. The average molecular weight is 591 g/mol. The Balaban J connectivity index is 1.81. The molecule has 1 unspecified atom stereocenters. The van der Waals surface area contributed by atoms with Gasteiger partial charge in [-0.2, -0.15) is 35.1 Å². The van der Waals surface area contributed by atoms with E-state index in [1.165, 1.54) is 24.4 Å². The lowest BCUT2D eigenvalue weighted by Crippen LogP contribution is -2.53. The molecule has 222 valence electrons. The minimum atomic E-state index is -6.05. The maximum absolute atomic E-state index is 13.4. The maximum atomic E-state index is 13.4. The lowest BCUT2D eigenvalue weighted by atomic mass is 9.83. The van der Waals surface area contributed by atoms with Crippen LogP contribution < -0.4 is 15.0 Å². The van der Waals surface area contributed by atoms with Crippen LogP contribution in [0.3, 0.4) is 0 Å². The predicted molar refractivity (Wildman–Crippen MR) is 131 cm³/mol. The van der Waals surface area contributed by atoms with Gasteiger partial charge in [0.15, 0.2) is 11.5 Å². The van der Waals surface area contributed by atoms with E-state index in [-0.39, 0.29) is 29.6 Å². The molecule has 0 aliphatic heterocycles. The molecule has 1 heterocycles. The van der Waals surface area contributed by atoms with Crippen LogP contribution >= 0.6 is 0 Å². The fourth-order valence-electron chi connectivity index (χ4n) is 4.61. The summed E-state index contributed by atoms with van der Waals surface area (Å²) in [4.78, 5) is 14.7. The van der Waals surface area contributed by atoms with Crippen LogP contribution in [-0.2, 0) is 12.0 Å². The molecule has 0 spiro atoms. The molecule has 1 aliphatic rings. The van der Waals surface area contributed by atoms with Gasteiger partial charge < -0.3 is 19.6 Å². The Labute approximate surface area is 228 Å². The summed E-state index contributed by atoms with van der Waals surface area (Å²) < 4.78 is 117. The van der Waals surface area contributed by atoms with E-state index >= 15 is 0 Å². The Bertz CT molecular complexity index is 1400. The van der Waals surface area contributed by atoms with Crippen molar-refractivity contribution < 1.29 is 49.7 Å². The molecule has 1 aliphatic carbocycles. The molecule has 41 heavy (non-hydrogen) atoms. The largest absolute Gasteiger partial charge is 0.487 e. The molecule has 0 radical (unpaired) electrons. The van der Waals surface area contributed by atoms with Gasteiger partial charge in [-0.25, -0.2) is 0 Å². The van der Waals surface area contributed by atoms with Crippen molar-refractivity contribution in [2.75, 3.05) is 0 Å². The van der Waals surface area contributed by atoms with E-state index in [1.807, 2.05) is 0 Å². The van der Waals surface area contributed by atoms with Crippen LogP contribution in [-0.4, -0.2) is 35.2 Å². The van der Waals surface area contributed by atoms with Gasteiger partial charge in [-0.05, 0) is 67.5 Å². The second-order valence-corrected chi connectivity index (χ2v) is 9.80. The summed E-state index contributed by atoms with van der Waals surface area (Å²) in [6.07, 6.45) is -8.62. The topological polar surface area (TPSA) is 71.5 Å². The summed E-state index contributed by atoms with van der Waals surface area (Å²) in [5.41, 5.74) is -5.42. The van der Waals surface area contributed by atoms with Gasteiger partial charge in [0.2, 0.25) is 0 Å². The van der Waals surface area contributed by atoms with E-state index in [1.54, 1.807) is 13.0 Å². The highest BCUT2D eigenvalue weighted by Crippen LogP contribution is 2.50. The molecular weight excluding hydrogens is 566 g/mol. The first kappa shape index (κ1) is 30.4. The molecule has 0 bridgehead atoms. The summed E-state index contributed by atoms with van der Waals surface area (Å²) in [7, 11) is 0. The number of aromatic amines is 1. The predicted octanol–water partition coefficient (Wildman–Crippen LogP) is 6.90. The summed E-state index contributed by atoms with van der Waals surface area (Å²) in [6, 6.07) is 8.80. The summed E-state index contributed by atoms with van der Waals surface area (Å²) >= 11 is 0. The van der Waals surface area contributed by atoms with Gasteiger partial charge in [0, 0.05) is 23.2 Å². The number of hydrogen-bond donors (Lipinski definition) is 2. The Morgan fingerprint density at radius 3 is 2.07 bits per heavy atom. The van der Waals surface area contributed by atoms with E-state index in [0.29, 0.717) is 41.7 Å². The zero-order valence-corrected chi connectivity index (χ0v) is 21.5. The third-order valence-corrected chi connectivity index (χ3v) is 7.23. The Morgan fingerprint density at radius 2 is 1.54 bits per heavy atom. The van der Waals surface area contributed by atoms with E-state index in [0.717, 1.165) is 18.6 Å². The van der Waals surface area contributed by atoms with Crippen molar-refractivity contribution in [1.29, 1.82) is 0 Å². The zero-order valence-electron chi connectivity index (χ0n) is 21.5. The van der Waals surface area contributed by atoms with Crippen LogP contribution in [0.15, 0.2) is 59.5 Å². The summed E-state index contributed by atoms with van der Waals surface area (Å²) in [5.74, 6) is -1.02. The fourth-order valence-corrected chi connectivity index (χ4v) is 4.61. The van der Waals surface area contributed by atoms with Gasteiger partial charge in [0.05, 0.1) is 6.10 Å². The van der Waals surface area contributed by atoms with Crippen molar-refractivity contribution >= 4 is 0 Å². The van der Waals surface area contributed by atoms with Gasteiger partial charge in [0.25, 0.3) is 11.2 Å². The number of aliphatic hydroxyl groups is 1. The van der Waals surface area contributed by atoms with E-state index in [4.69, 9.17) is 4.74 Å². The molecular formula is C28H25F8NO4.